The van der Waals surface area contributed by atoms with Gasteiger partial charge in [-0.3, -0.25) is 4.79 Å². The molecule has 0 atom stereocenters. The molecule has 0 fully saturated rings. The summed E-state index contributed by atoms with van der Waals surface area (Å²) in [6.45, 7) is 2.28. The van der Waals surface area contributed by atoms with Gasteiger partial charge in [-0.2, -0.15) is 0 Å². The summed E-state index contributed by atoms with van der Waals surface area (Å²) in [7, 11) is 0. The first-order valence-electron chi connectivity index (χ1n) is 8.32. The van der Waals surface area contributed by atoms with Gasteiger partial charge < -0.3 is 15.2 Å². The molecule has 2 N–H and O–H groups in total. The second kappa shape index (κ2) is 7.68. The van der Waals surface area contributed by atoms with E-state index in [9.17, 15) is 4.79 Å². The maximum Gasteiger partial charge on any atom is 0.254 e. The highest BCUT2D eigenvalue weighted by Gasteiger charge is 2.25. The number of fused-ring (bicyclic) bond motifs is 1. The number of benzene rings is 2. The van der Waals surface area contributed by atoms with Gasteiger partial charge in [-0.15, -0.1) is 22.6 Å². The molecule has 2 heterocycles. The number of hydrogen-bond donors (Lipinski definition) is 1. The van der Waals surface area contributed by atoms with Gasteiger partial charge in [0.25, 0.3) is 5.91 Å². The van der Waals surface area contributed by atoms with Crippen molar-refractivity contribution in [2.75, 3.05) is 6.54 Å². The molecule has 0 radical (unpaired) electrons. The first-order valence-corrected chi connectivity index (χ1v) is 8.32. The molecule has 0 saturated heterocycles. The number of amides is 1. The van der Waals surface area contributed by atoms with Crippen LogP contribution in [0.4, 0.5) is 0 Å². The van der Waals surface area contributed by atoms with Crippen molar-refractivity contribution in [3.63, 3.8) is 0 Å². The molecular formula is C19H20ClN5O. The van der Waals surface area contributed by atoms with E-state index in [1.54, 1.807) is 0 Å². The zero-order valence-corrected chi connectivity index (χ0v) is 15.0. The van der Waals surface area contributed by atoms with E-state index in [-0.39, 0.29) is 18.3 Å². The minimum absolute atomic E-state index is 0. The van der Waals surface area contributed by atoms with Gasteiger partial charge >= 0.3 is 0 Å². The van der Waals surface area contributed by atoms with Crippen LogP contribution in [-0.2, 0) is 19.6 Å². The van der Waals surface area contributed by atoms with Gasteiger partial charge in [0.1, 0.15) is 0 Å². The third-order valence-electron chi connectivity index (χ3n) is 4.51. The maximum absolute atomic E-state index is 12.7. The lowest BCUT2D eigenvalue weighted by Crippen LogP contribution is -2.38. The maximum atomic E-state index is 12.7. The minimum Gasteiger partial charge on any atom is -0.329 e. The molecule has 0 spiro atoms. The average Bonchev–Trinajstić information content (AvgIpc) is 3.11. The monoisotopic (exact) mass is 369 g/mol. The van der Waals surface area contributed by atoms with Crippen LogP contribution in [0, 0.1) is 0 Å². The highest BCUT2D eigenvalue weighted by molar-refractivity contribution is 5.94. The van der Waals surface area contributed by atoms with Crippen LogP contribution in [0.3, 0.4) is 0 Å². The topological polar surface area (TPSA) is 77.0 Å². The molecule has 26 heavy (non-hydrogen) atoms. The zero-order valence-electron chi connectivity index (χ0n) is 14.2. The average molecular weight is 370 g/mol. The molecule has 4 rings (SSSR count). The molecule has 6 nitrogen and oxygen atoms in total. The van der Waals surface area contributed by atoms with Crippen molar-refractivity contribution in [1.82, 2.24) is 19.7 Å². The Hall–Kier alpha value is -2.70. The molecular weight excluding hydrogens is 350 g/mol. The minimum atomic E-state index is 0. The summed E-state index contributed by atoms with van der Waals surface area (Å²) in [5.41, 5.74) is 8.34. The lowest BCUT2D eigenvalue weighted by Gasteiger charge is -2.28. The molecule has 1 aliphatic heterocycles. The van der Waals surface area contributed by atoms with E-state index in [2.05, 4.69) is 14.8 Å². The predicted molar refractivity (Wildman–Crippen MR) is 102 cm³/mol. The normalized spacial score (nSPS) is 13.0. The van der Waals surface area contributed by atoms with Crippen molar-refractivity contribution in [2.45, 2.75) is 19.6 Å². The third kappa shape index (κ3) is 3.34. The first kappa shape index (κ1) is 18.1. The number of nitrogens with zero attached hydrogens (tertiary/aromatic N) is 4. The highest BCUT2D eigenvalue weighted by atomic mass is 35.5. The Bertz CT molecular complexity index is 892. The molecule has 1 amide bonds. The Kier molecular flexibility index (Phi) is 5.35. The second-order valence-corrected chi connectivity index (χ2v) is 6.09. The molecule has 1 aliphatic rings. The lowest BCUT2D eigenvalue weighted by atomic mass is 10.1. The van der Waals surface area contributed by atoms with Crippen LogP contribution >= 0.6 is 12.4 Å². The Balaban J connectivity index is 0.00000196. The van der Waals surface area contributed by atoms with Crippen molar-refractivity contribution >= 4 is 18.3 Å². The van der Waals surface area contributed by atoms with Crippen LogP contribution < -0.4 is 5.73 Å². The Morgan fingerprint density at radius 2 is 1.73 bits per heavy atom. The number of carbonyl (C=O) groups excluding carboxylic acids is 1. The van der Waals surface area contributed by atoms with Gasteiger partial charge in [-0.05, 0) is 17.7 Å². The quantitative estimate of drug-likeness (QED) is 0.769. The van der Waals surface area contributed by atoms with Crippen LogP contribution in [0.5, 0.6) is 0 Å². The molecule has 0 aliphatic carbocycles. The number of aromatic nitrogens is 3. The number of nitrogens with two attached hydrogens (primary N) is 1. The van der Waals surface area contributed by atoms with E-state index >= 15 is 0 Å². The molecule has 3 aromatic rings. The molecule has 7 heteroatoms. The summed E-state index contributed by atoms with van der Waals surface area (Å²) < 4.78 is 2.09. The fourth-order valence-electron chi connectivity index (χ4n) is 3.10. The van der Waals surface area contributed by atoms with E-state index in [4.69, 9.17) is 5.73 Å². The Morgan fingerprint density at radius 3 is 2.42 bits per heavy atom. The zero-order chi connectivity index (χ0) is 17.2. The van der Waals surface area contributed by atoms with Crippen LogP contribution in [-0.4, -0.2) is 32.1 Å². The number of halogens is 1. The van der Waals surface area contributed by atoms with Crippen LogP contribution in [0.25, 0.3) is 11.4 Å². The van der Waals surface area contributed by atoms with Crippen molar-refractivity contribution in [3.05, 3.63) is 71.5 Å². The summed E-state index contributed by atoms with van der Waals surface area (Å²) in [6.07, 6.45) is 0. The van der Waals surface area contributed by atoms with Crippen molar-refractivity contribution < 1.29 is 4.79 Å². The number of rotatable bonds is 3. The lowest BCUT2D eigenvalue weighted by molar-refractivity contribution is 0.0708. The summed E-state index contributed by atoms with van der Waals surface area (Å²) in [5, 5.41) is 8.61. The Labute approximate surface area is 158 Å². The Morgan fingerprint density at radius 1 is 1.00 bits per heavy atom. The highest BCUT2D eigenvalue weighted by Crippen LogP contribution is 2.22. The van der Waals surface area contributed by atoms with Crippen LogP contribution in [0.2, 0.25) is 0 Å². The van der Waals surface area contributed by atoms with Crippen molar-refractivity contribution in [2.24, 2.45) is 5.73 Å². The van der Waals surface area contributed by atoms with E-state index < -0.39 is 0 Å². The molecule has 0 saturated carbocycles. The molecule has 0 unspecified atom stereocenters. The number of carbonyl (C=O) groups is 1. The van der Waals surface area contributed by atoms with Gasteiger partial charge in [0.15, 0.2) is 11.6 Å². The van der Waals surface area contributed by atoms with Crippen molar-refractivity contribution in [1.29, 1.82) is 0 Å². The summed E-state index contributed by atoms with van der Waals surface area (Å²) in [4.78, 5) is 14.5. The molecule has 134 valence electrons. The van der Waals surface area contributed by atoms with Gasteiger partial charge in [-0.1, -0.05) is 42.5 Å². The summed E-state index contributed by atoms with van der Waals surface area (Å²) in [6, 6.07) is 17.5. The van der Waals surface area contributed by atoms with Crippen LogP contribution in [0.1, 0.15) is 21.7 Å². The largest absolute Gasteiger partial charge is 0.329 e. The van der Waals surface area contributed by atoms with E-state index in [0.29, 0.717) is 31.7 Å². The van der Waals surface area contributed by atoms with Gasteiger partial charge in [0.2, 0.25) is 0 Å². The fourth-order valence-corrected chi connectivity index (χ4v) is 3.10. The first-order chi connectivity index (χ1) is 12.3. The van der Waals surface area contributed by atoms with Gasteiger partial charge in [0, 0.05) is 30.8 Å². The third-order valence-corrected chi connectivity index (χ3v) is 4.51. The standard InChI is InChI=1S/C19H19N5O.ClH/c20-12-14-6-8-16(9-7-14)19(25)23-10-11-24-17(13-23)21-22-18(24)15-4-2-1-3-5-15;/h1-9H,10-13,20H2;1H. The van der Waals surface area contributed by atoms with E-state index in [0.717, 1.165) is 22.8 Å². The van der Waals surface area contributed by atoms with E-state index in [1.807, 2.05) is 59.5 Å². The smallest absolute Gasteiger partial charge is 0.254 e. The van der Waals surface area contributed by atoms with Crippen LogP contribution in [0.15, 0.2) is 54.6 Å². The van der Waals surface area contributed by atoms with Gasteiger partial charge in [-0.25, -0.2) is 0 Å². The second-order valence-electron chi connectivity index (χ2n) is 6.09. The van der Waals surface area contributed by atoms with E-state index in [1.165, 1.54) is 0 Å². The molecule has 1 aromatic heterocycles. The number of hydrogen-bond acceptors (Lipinski definition) is 4. The fraction of sp³-hybridized carbons (Fsp3) is 0.211. The van der Waals surface area contributed by atoms with Gasteiger partial charge in [0.05, 0.1) is 6.54 Å². The molecule has 0 bridgehead atoms. The molecule has 2 aromatic carbocycles. The summed E-state index contributed by atoms with van der Waals surface area (Å²) >= 11 is 0. The predicted octanol–water partition coefficient (Wildman–Crippen LogP) is 2.48. The van der Waals surface area contributed by atoms with Crippen molar-refractivity contribution in [3.8, 4) is 11.4 Å². The SMILES string of the molecule is Cl.NCc1ccc(C(=O)N2CCn3c(nnc3-c3ccccc3)C2)cc1. The summed E-state index contributed by atoms with van der Waals surface area (Å²) in [5.74, 6) is 1.69.